The summed E-state index contributed by atoms with van der Waals surface area (Å²) in [5, 5.41) is 3.73. The fourth-order valence-electron chi connectivity index (χ4n) is 4.74. The molecule has 2 atom stereocenters. The van der Waals surface area contributed by atoms with Crippen LogP contribution < -0.4 is 15.1 Å². The minimum atomic E-state index is 0.749. The molecule has 25 heavy (non-hydrogen) atoms. The van der Waals surface area contributed by atoms with E-state index in [2.05, 4.69) is 33.1 Å². The van der Waals surface area contributed by atoms with Crippen molar-refractivity contribution in [2.75, 3.05) is 56.6 Å². The minimum absolute atomic E-state index is 0.749. The number of nitrogens with zero attached hydrogens (tertiary/aromatic N) is 5. The van der Waals surface area contributed by atoms with Crippen molar-refractivity contribution in [2.24, 2.45) is 5.92 Å². The summed E-state index contributed by atoms with van der Waals surface area (Å²) in [5.74, 6) is 2.79. The third-order valence-corrected chi connectivity index (χ3v) is 6.16. The Morgan fingerprint density at radius 3 is 2.64 bits per heavy atom. The monoisotopic (exact) mass is 344 g/mol. The quantitative estimate of drug-likeness (QED) is 0.897. The molecule has 6 nitrogen and oxygen atoms in total. The molecule has 0 amide bonds. The van der Waals surface area contributed by atoms with Gasteiger partial charge in [0.15, 0.2) is 0 Å². The van der Waals surface area contributed by atoms with Crippen LogP contribution in [0.4, 0.5) is 11.8 Å². The van der Waals surface area contributed by atoms with Gasteiger partial charge in [-0.25, -0.2) is 4.98 Å². The van der Waals surface area contributed by atoms with Crippen LogP contribution in [0.2, 0.25) is 0 Å². The zero-order valence-corrected chi connectivity index (χ0v) is 15.9. The van der Waals surface area contributed by atoms with Crippen molar-refractivity contribution in [1.29, 1.82) is 0 Å². The van der Waals surface area contributed by atoms with Crippen molar-refractivity contribution < 1.29 is 0 Å². The molecule has 3 saturated heterocycles. The average molecular weight is 345 g/mol. The van der Waals surface area contributed by atoms with Crippen LogP contribution >= 0.6 is 0 Å². The lowest BCUT2D eigenvalue weighted by Gasteiger charge is -2.37. The minimum Gasteiger partial charge on any atom is -0.356 e. The molecule has 0 aliphatic carbocycles. The first-order chi connectivity index (χ1) is 12.1. The van der Waals surface area contributed by atoms with E-state index in [9.17, 15) is 0 Å². The third kappa shape index (κ3) is 3.60. The number of fused-ring (bicyclic) bond motifs is 1. The van der Waals surface area contributed by atoms with E-state index in [1.54, 1.807) is 0 Å². The SMILES string of the molecule is Cc1cc(N2CCC(N3C[C@@H]4CCCN[C@@H]4C3)CC2)nc(N(C)C)n1. The van der Waals surface area contributed by atoms with Crippen LogP contribution in [0.25, 0.3) is 0 Å². The van der Waals surface area contributed by atoms with E-state index < -0.39 is 0 Å². The van der Waals surface area contributed by atoms with Gasteiger partial charge in [-0.05, 0) is 45.1 Å². The standard InChI is InChI=1S/C19H32N6/c1-14-11-18(22-19(21-14)23(2)3)24-9-6-16(7-10-24)25-12-15-5-4-8-20-17(15)13-25/h11,15-17,20H,4-10,12-13H2,1-3H3/t15-,17+/m0/s1. The maximum atomic E-state index is 4.76. The molecule has 4 heterocycles. The zero-order valence-electron chi connectivity index (χ0n) is 15.9. The predicted molar refractivity (Wildman–Crippen MR) is 102 cm³/mol. The summed E-state index contributed by atoms with van der Waals surface area (Å²) in [6.45, 7) is 8.05. The Bertz CT molecular complexity index is 582. The highest BCUT2D eigenvalue weighted by molar-refractivity contribution is 5.45. The summed E-state index contributed by atoms with van der Waals surface area (Å²) in [7, 11) is 4.01. The lowest BCUT2D eigenvalue weighted by molar-refractivity contribution is 0.199. The second kappa shape index (κ2) is 7.08. The molecule has 3 aliphatic rings. The highest BCUT2D eigenvalue weighted by atomic mass is 15.3. The Hall–Kier alpha value is -1.40. The van der Waals surface area contributed by atoms with E-state index >= 15 is 0 Å². The summed E-state index contributed by atoms with van der Waals surface area (Å²) in [6.07, 6.45) is 5.27. The van der Waals surface area contributed by atoms with Crippen LogP contribution in [-0.4, -0.2) is 73.8 Å². The number of rotatable bonds is 3. The summed E-state index contributed by atoms with van der Waals surface area (Å²) in [4.78, 5) is 16.5. The van der Waals surface area contributed by atoms with Crippen molar-refractivity contribution in [3.05, 3.63) is 11.8 Å². The van der Waals surface area contributed by atoms with Gasteiger partial charge in [0.2, 0.25) is 5.95 Å². The summed E-state index contributed by atoms with van der Waals surface area (Å²) in [6, 6.07) is 3.63. The molecule has 1 N–H and O–H groups in total. The number of nitrogens with one attached hydrogen (secondary N) is 1. The van der Waals surface area contributed by atoms with Gasteiger partial charge in [-0.3, -0.25) is 4.90 Å². The molecule has 1 aromatic rings. The highest BCUT2D eigenvalue weighted by Crippen LogP contribution is 2.30. The molecular weight excluding hydrogens is 312 g/mol. The van der Waals surface area contributed by atoms with Crippen LogP contribution in [0.5, 0.6) is 0 Å². The normalized spacial score (nSPS) is 28.2. The molecule has 0 unspecified atom stereocenters. The average Bonchev–Trinajstić information content (AvgIpc) is 3.05. The molecule has 0 spiro atoms. The first-order valence-electron chi connectivity index (χ1n) is 9.85. The summed E-state index contributed by atoms with van der Waals surface area (Å²) >= 11 is 0. The van der Waals surface area contributed by atoms with Gasteiger partial charge in [0.25, 0.3) is 0 Å². The Labute approximate surface area is 151 Å². The Morgan fingerprint density at radius 2 is 1.92 bits per heavy atom. The molecule has 6 heteroatoms. The van der Waals surface area contributed by atoms with Crippen LogP contribution in [0.3, 0.4) is 0 Å². The predicted octanol–water partition coefficient (Wildman–Crippen LogP) is 1.50. The molecule has 3 fully saturated rings. The van der Waals surface area contributed by atoms with Gasteiger partial charge in [-0.2, -0.15) is 4.98 Å². The number of piperidine rings is 2. The fraction of sp³-hybridized carbons (Fsp3) is 0.789. The first kappa shape index (κ1) is 17.0. The van der Waals surface area contributed by atoms with Gasteiger partial charge in [0.05, 0.1) is 0 Å². The van der Waals surface area contributed by atoms with Crippen molar-refractivity contribution in [3.8, 4) is 0 Å². The van der Waals surface area contributed by atoms with Gasteiger partial charge in [-0.1, -0.05) is 0 Å². The Kier molecular flexibility index (Phi) is 4.82. The number of aromatic nitrogens is 2. The van der Waals surface area contributed by atoms with Crippen molar-refractivity contribution in [3.63, 3.8) is 0 Å². The topological polar surface area (TPSA) is 47.5 Å². The smallest absolute Gasteiger partial charge is 0.226 e. The molecule has 0 bridgehead atoms. The van der Waals surface area contributed by atoms with E-state index in [4.69, 9.17) is 4.98 Å². The largest absolute Gasteiger partial charge is 0.356 e. The van der Waals surface area contributed by atoms with E-state index in [1.165, 1.54) is 45.3 Å². The summed E-state index contributed by atoms with van der Waals surface area (Å²) in [5.41, 5.74) is 1.05. The first-order valence-corrected chi connectivity index (χ1v) is 9.85. The van der Waals surface area contributed by atoms with E-state index in [0.717, 1.165) is 48.6 Å². The zero-order chi connectivity index (χ0) is 17.4. The number of anilines is 2. The third-order valence-electron chi connectivity index (χ3n) is 6.16. The Morgan fingerprint density at radius 1 is 1.12 bits per heavy atom. The van der Waals surface area contributed by atoms with E-state index in [1.807, 2.05) is 19.0 Å². The second-order valence-electron chi connectivity index (χ2n) is 8.20. The van der Waals surface area contributed by atoms with Gasteiger partial charge in [0, 0.05) is 64.1 Å². The molecule has 4 rings (SSSR count). The van der Waals surface area contributed by atoms with Gasteiger partial charge in [0.1, 0.15) is 5.82 Å². The van der Waals surface area contributed by atoms with Crippen molar-refractivity contribution in [1.82, 2.24) is 20.2 Å². The maximum absolute atomic E-state index is 4.76. The van der Waals surface area contributed by atoms with Crippen LogP contribution in [-0.2, 0) is 0 Å². The van der Waals surface area contributed by atoms with Crippen molar-refractivity contribution in [2.45, 2.75) is 44.7 Å². The van der Waals surface area contributed by atoms with Crippen LogP contribution in [0.15, 0.2) is 6.07 Å². The highest BCUT2D eigenvalue weighted by Gasteiger charge is 2.38. The summed E-state index contributed by atoms with van der Waals surface area (Å²) < 4.78 is 0. The number of hydrogen-bond donors (Lipinski definition) is 1. The second-order valence-corrected chi connectivity index (χ2v) is 8.20. The maximum Gasteiger partial charge on any atom is 0.226 e. The van der Waals surface area contributed by atoms with Crippen LogP contribution in [0, 0.1) is 12.8 Å². The van der Waals surface area contributed by atoms with Crippen LogP contribution in [0.1, 0.15) is 31.4 Å². The molecule has 1 aromatic heterocycles. The number of likely N-dealkylation sites (tertiary alicyclic amines) is 1. The fourth-order valence-corrected chi connectivity index (χ4v) is 4.74. The van der Waals surface area contributed by atoms with E-state index in [-0.39, 0.29) is 0 Å². The molecule has 3 aliphatic heterocycles. The Balaban J connectivity index is 1.37. The number of aryl methyl sites for hydroxylation is 1. The molecule has 0 radical (unpaired) electrons. The van der Waals surface area contributed by atoms with Gasteiger partial charge >= 0.3 is 0 Å². The lowest BCUT2D eigenvalue weighted by atomic mass is 9.94. The van der Waals surface area contributed by atoms with Crippen molar-refractivity contribution >= 4 is 11.8 Å². The van der Waals surface area contributed by atoms with Gasteiger partial charge in [-0.15, -0.1) is 0 Å². The molecular formula is C19H32N6. The lowest BCUT2D eigenvalue weighted by Crippen LogP contribution is -2.45. The van der Waals surface area contributed by atoms with E-state index in [0.29, 0.717) is 0 Å². The molecule has 0 saturated carbocycles. The van der Waals surface area contributed by atoms with Gasteiger partial charge < -0.3 is 15.1 Å². The molecule has 0 aromatic carbocycles. The molecule has 138 valence electrons. The number of hydrogen-bond acceptors (Lipinski definition) is 6.